The molecule has 21 heavy (non-hydrogen) atoms. The predicted molar refractivity (Wildman–Crippen MR) is 85.2 cm³/mol. The van der Waals surface area contributed by atoms with Crippen LogP contribution in [0.3, 0.4) is 0 Å². The minimum absolute atomic E-state index is 0.518. The molecule has 1 heterocycles. The Morgan fingerprint density at radius 2 is 1.62 bits per heavy atom. The number of benzene rings is 2. The van der Waals surface area contributed by atoms with E-state index >= 15 is 0 Å². The van der Waals surface area contributed by atoms with Crippen molar-refractivity contribution in [2.75, 3.05) is 5.73 Å². The van der Waals surface area contributed by atoms with Crippen molar-refractivity contribution in [3.05, 3.63) is 60.3 Å². The lowest BCUT2D eigenvalue weighted by Crippen LogP contribution is -2.03. The molecule has 0 amide bonds. The summed E-state index contributed by atoms with van der Waals surface area (Å²) in [6, 6.07) is 18.6. The Hall–Kier alpha value is -2.62. The number of rotatable bonds is 4. The summed E-state index contributed by atoms with van der Waals surface area (Å²) in [6.45, 7) is 2.12. The standard InChI is InChI=1S/C17H18N4/c1-2-6-16-17(18)19-20-21(16)15-11-9-14(10-12-15)13-7-4-3-5-8-13/h3-5,7-12H,2,6,18H2,1H3. The van der Waals surface area contributed by atoms with Crippen LogP contribution in [0.25, 0.3) is 16.8 Å². The van der Waals surface area contributed by atoms with Gasteiger partial charge in [-0.15, -0.1) is 5.10 Å². The quantitative estimate of drug-likeness (QED) is 0.795. The van der Waals surface area contributed by atoms with Crippen LogP contribution in [0.5, 0.6) is 0 Å². The van der Waals surface area contributed by atoms with Gasteiger partial charge in [0, 0.05) is 0 Å². The molecule has 0 saturated carbocycles. The van der Waals surface area contributed by atoms with Crippen LogP contribution in [0.4, 0.5) is 5.82 Å². The van der Waals surface area contributed by atoms with Gasteiger partial charge in [0.2, 0.25) is 0 Å². The van der Waals surface area contributed by atoms with E-state index in [1.54, 1.807) is 0 Å². The molecule has 0 unspecified atom stereocenters. The number of anilines is 1. The molecule has 0 spiro atoms. The van der Waals surface area contributed by atoms with Crippen molar-refractivity contribution in [2.24, 2.45) is 0 Å². The molecule has 0 atom stereocenters. The molecule has 2 N–H and O–H groups in total. The third-order valence-corrected chi connectivity index (χ3v) is 3.50. The Balaban J connectivity index is 1.95. The molecule has 3 rings (SSSR count). The van der Waals surface area contributed by atoms with Gasteiger partial charge < -0.3 is 5.73 Å². The molecular formula is C17H18N4. The van der Waals surface area contributed by atoms with E-state index in [2.05, 4.69) is 53.6 Å². The van der Waals surface area contributed by atoms with E-state index in [0.29, 0.717) is 5.82 Å². The lowest BCUT2D eigenvalue weighted by molar-refractivity contribution is 0.746. The number of nitrogens with two attached hydrogens (primary N) is 1. The van der Waals surface area contributed by atoms with Crippen molar-refractivity contribution in [1.29, 1.82) is 0 Å². The van der Waals surface area contributed by atoms with Crippen LogP contribution >= 0.6 is 0 Å². The first-order valence-corrected chi connectivity index (χ1v) is 7.15. The Kier molecular flexibility index (Phi) is 3.69. The first kappa shape index (κ1) is 13.4. The zero-order valence-corrected chi connectivity index (χ0v) is 12.0. The summed E-state index contributed by atoms with van der Waals surface area (Å²) in [5.41, 5.74) is 10.2. The Labute approximate surface area is 124 Å². The lowest BCUT2D eigenvalue weighted by atomic mass is 10.1. The van der Waals surface area contributed by atoms with Gasteiger partial charge >= 0.3 is 0 Å². The average Bonchev–Trinajstić information content (AvgIpc) is 2.90. The molecule has 0 aliphatic rings. The van der Waals surface area contributed by atoms with Crippen molar-refractivity contribution in [2.45, 2.75) is 19.8 Å². The fourth-order valence-electron chi connectivity index (χ4n) is 2.42. The molecule has 0 saturated heterocycles. The topological polar surface area (TPSA) is 56.7 Å². The van der Waals surface area contributed by atoms with Crippen LogP contribution in [-0.4, -0.2) is 15.0 Å². The maximum absolute atomic E-state index is 5.89. The maximum atomic E-state index is 5.89. The largest absolute Gasteiger partial charge is 0.381 e. The highest BCUT2D eigenvalue weighted by molar-refractivity contribution is 5.64. The molecule has 0 aliphatic heterocycles. The number of nitrogens with zero attached hydrogens (tertiary/aromatic N) is 3. The summed E-state index contributed by atoms with van der Waals surface area (Å²) < 4.78 is 1.83. The summed E-state index contributed by atoms with van der Waals surface area (Å²) >= 11 is 0. The third kappa shape index (κ3) is 2.65. The second-order valence-corrected chi connectivity index (χ2v) is 5.00. The molecule has 3 aromatic rings. The van der Waals surface area contributed by atoms with E-state index < -0.39 is 0 Å². The van der Waals surface area contributed by atoms with Crippen molar-refractivity contribution in [1.82, 2.24) is 15.0 Å². The Bertz CT molecular complexity index is 714. The van der Waals surface area contributed by atoms with Gasteiger partial charge in [0.15, 0.2) is 5.82 Å². The molecule has 1 aromatic heterocycles. The van der Waals surface area contributed by atoms with Gasteiger partial charge in [0.05, 0.1) is 11.4 Å². The molecule has 2 aromatic carbocycles. The van der Waals surface area contributed by atoms with Crippen molar-refractivity contribution in [3.63, 3.8) is 0 Å². The third-order valence-electron chi connectivity index (χ3n) is 3.50. The van der Waals surface area contributed by atoms with E-state index in [9.17, 15) is 0 Å². The Morgan fingerprint density at radius 3 is 2.29 bits per heavy atom. The summed E-state index contributed by atoms with van der Waals surface area (Å²) in [7, 11) is 0. The van der Waals surface area contributed by atoms with Crippen molar-refractivity contribution >= 4 is 5.82 Å². The van der Waals surface area contributed by atoms with E-state index in [4.69, 9.17) is 5.73 Å². The smallest absolute Gasteiger partial charge is 0.169 e. The Morgan fingerprint density at radius 1 is 0.952 bits per heavy atom. The van der Waals surface area contributed by atoms with Gasteiger partial charge in [-0.05, 0) is 29.7 Å². The number of hydrogen-bond donors (Lipinski definition) is 1. The highest BCUT2D eigenvalue weighted by Crippen LogP contribution is 2.22. The zero-order valence-electron chi connectivity index (χ0n) is 12.0. The van der Waals surface area contributed by atoms with E-state index in [1.165, 1.54) is 11.1 Å². The summed E-state index contributed by atoms with van der Waals surface area (Å²) in [5.74, 6) is 0.518. The van der Waals surface area contributed by atoms with Crippen LogP contribution in [0.2, 0.25) is 0 Å². The predicted octanol–water partition coefficient (Wildman–Crippen LogP) is 3.47. The first-order valence-electron chi connectivity index (χ1n) is 7.15. The second-order valence-electron chi connectivity index (χ2n) is 5.00. The molecular weight excluding hydrogens is 260 g/mol. The van der Waals surface area contributed by atoms with Crippen molar-refractivity contribution < 1.29 is 0 Å². The van der Waals surface area contributed by atoms with Gasteiger partial charge in [0.1, 0.15) is 0 Å². The van der Waals surface area contributed by atoms with E-state index in [1.807, 2.05) is 22.9 Å². The van der Waals surface area contributed by atoms with Crippen LogP contribution in [0, 0.1) is 0 Å². The van der Waals surface area contributed by atoms with Gasteiger partial charge in [-0.1, -0.05) is 61.0 Å². The molecule has 0 fully saturated rings. The number of aromatic nitrogens is 3. The summed E-state index contributed by atoms with van der Waals surface area (Å²) in [5, 5.41) is 8.13. The minimum atomic E-state index is 0.518. The van der Waals surface area contributed by atoms with Gasteiger partial charge in [-0.2, -0.15) is 0 Å². The SMILES string of the molecule is CCCc1c(N)nnn1-c1ccc(-c2ccccc2)cc1. The monoisotopic (exact) mass is 278 g/mol. The molecule has 106 valence electrons. The zero-order chi connectivity index (χ0) is 14.7. The van der Waals surface area contributed by atoms with Gasteiger partial charge in [-0.25, -0.2) is 4.68 Å². The maximum Gasteiger partial charge on any atom is 0.169 e. The highest BCUT2D eigenvalue weighted by atomic mass is 15.4. The fourth-order valence-corrected chi connectivity index (χ4v) is 2.42. The lowest BCUT2D eigenvalue weighted by Gasteiger charge is -2.07. The molecule has 4 nitrogen and oxygen atoms in total. The van der Waals surface area contributed by atoms with Crippen LogP contribution in [0.1, 0.15) is 19.0 Å². The molecule has 0 aliphatic carbocycles. The molecule has 4 heteroatoms. The van der Waals surface area contributed by atoms with Gasteiger partial charge in [0.25, 0.3) is 0 Å². The summed E-state index contributed by atoms with van der Waals surface area (Å²) in [6.07, 6.45) is 1.89. The highest BCUT2D eigenvalue weighted by Gasteiger charge is 2.10. The molecule has 0 radical (unpaired) electrons. The second kappa shape index (κ2) is 5.79. The number of hydrogen-bond acceptors (Lipinski definition) is 3. The minimum Gasteiger partial charge on any atom is -0.381 e. The van der Waals surface area contributed by atoms with Gasteiger partial charge in [-0.3, -0.25) is 0 Å². The van der Waals surface area contributed by atoms with Crippen LogP contribution in [-0.2, 0) is 6.42 Å². The van der Waals surface area contributed by atoms with Crippen LogP contribution < -0.4 is 5.73 Å². The van der Waals surface area contributed by atoms with Crippen molar-refractivity contribution in [3.8, 4) is 16.8 Å². The summed E-state index contributed by atoms with van der Waals surface area (Å²) in [4.78, 5) is 0. The van der Waals surface area contributed by atoms with E-state index in [0.717, 1.165) is 24.2 Å². The van der Waals surface area contributed by atoms with E-state index in [-0.39, 0.29) is 0 Å². The molecule has 0 bridgehead atoms. The fraction of sp³-hybridized carbons (Fsp3) is 0.176. The normalized spacial score (nSPS) is 10.7. The average molecular weight is 278 g/mol. The first-order chi connectivity index (χ1) is 10.3. The van der Waals surface area contributed by atoms with Crippen LogP contribution in [0.15, 0.2) is 54.6 Å². The number of nitrogen functional groups attached to an aromatic ring is 1.